The number of carbonyl (C=O) groups is 1. The van der Waals surface area contributed by atoms with E-state index in [0.717, 1.165) is 29.1 Å². The standard InChI is InChI=1S/C24H26N2O2S/c27-22(9-7-20-6-8-21(28-20)19-4-2-1-3-5-19)25-23(29)26-24-13-16-10-17(14-24)12-18(11-16)15-24/h1-9,16-18H,10-15H2,(H2,25,26,27,29)/b9-7+. The van der Waals surface area contributed by atoms with Gasteiger partial charge in [0.15, 0.2) is 5.11 Å². The molecular weight excluding hydrogens is 380 g/mol. The van der Waals surface area contributed by atoms with Crippen molar-refractivity contribution in [1.29, 1.82) is 0 Å². The van der Waals surface area contributed by atoms with E-state index in [-0.39, 0.29) is 11.4 Å². The minimum Gasteiger partial charge on any atom is -0.457 e. The Morgan fingerprint density at radius 3 is 2.31 bits per heavy atom. The second-order valence-electron chi connectivity index (χ2n) is 9.04. The van der Waals surface area contributed by atoms with Gasteiger partial charge >= 0.3 is 0 Å². The lowest BCUT2D eigenvalue weighted by atomic mass is 9.53. The van der Waals surface area contributed by atoms with Crippen molar-refractivity contribution in [2.75, 3.05) is 0 Å². The Balaban J connectivity index is 1.17. The molecule has 29 heavy (non-hydrogen) atoms. The molecule has 4 bridgehead atoms. The van der Waals surface area contributed by atoms with E-state index in [1.807, 2.05) is 42.5 Å². The van der Waals surface area contributed by atoms with E-state index in [4.69, 9.17) is 16.6 Å². The third-order valence-corrected chi connectivity index (χ3v) is 6.94. The lowest BCUT2D eigenvalue weighted by Gasteiger charge is -2.57. The molecule has 0 saturated heterocycles. The molecule has 4 nitrogen and oxygen atoms in total. The summed E-state index contributed by atoms with van der Waals surface area (Å²) in [5.74, 6) is 3.70. The van der Waals surface area contributed by atoms with Crippen molar-refractivity contribution >= 4 is 29.3 Å². The number of amides is 1. The van der Waals surface area contributed by atoms with Gasteiger partial charge in [-0.1, -0.05) is 30.3 Å². The van der Waals surface area contributed by atoms with Crippen molar-refractivity contribution in [2.24, 2.45) is 17.8 Å². The highest BCUT2D eigenvalue weighted by Gasteiger charge is 2.51. The first-order valence-corrected chi connectivity index (χ1v) is 10.9. The van der Waals surface area contributed by atoms with Crippen molar-refractivity contribution in [1.82, 2.24) is 10.6 Å². The van der Waals surface area contributed by atoms with Crippen LogP contribution in [0.25, 0.3) is 17.4 Å². The summed E-state index contributed by atoms with van der Waals surface area (Å²) in [6.45, 7) is 0. The zero-order valence-corrected chi connectivity index (χ0v) is 17.2. The lowest BCUT2D eigenvalue weighted by molar-refractivity contribution is -0.115. The van der Waals surface area contributed by atoms with E-state index >= 15 is 0 Å². The number of hydrogen-bond acceptors (Lipinski definition) is 3. The SMILES string of the molecule is O=C(/C=C/c1ccc(-c2ccccc2)o1)NC(=S)NC12CC3CC(CC(C3)C1)C2. The van der Waals surface area contributed by atoms with Crippen LogP contribution >= 0.6 is 12.2 Å². The Morgan fingerprint density at radius 2 is 1.66 bits per heavy atom. The van der Waals surface area contributed by atoms with Crippen LogP contribution < -0.4 is 10.6 Å². The summed E-state index contributed by atoms with van der Waals surface area (Å²) in [5.41, 5.74) is 1.12. The molecule has 1 aromatic carbocycles. The molecule has 4 aliphatic rings. The van der Waals surface area contributed by atoms with Crippen molar-refractivity contribution in [3.8, 4) is 11.3 Å². The van der Waals surface area contributed by atoms with Gasteiger partial charge in [-0.25, -0.2) is 0 Å². The molecule has 2 N–H and O–H groups in total. The fraction of sp³-hybridized carbons (Fsp3) is 0.417. The van der Waals surface area contributed by atoms with Crippen molar-refractivity contribution in [2.45, 2.75) is 44.1 Å². The van der Waals surface area contributed by atoms with Gasteiger partial charge in [-0.15, -0.1) is 0 Å². The number of carbonyl (C=O) groups excluding carboxylic acids is 1. The first-order valence-electron chi connectivity index (χ1n) is 10.5. The molecule has 5 heteroatoms. The highest BCUT2D eigenvalue weighted by molar-refractivity contribution is 7.80. The highest BCUT2D eigenvalue weighted by Crippen LogP contribution is 2.55. The summed E-state index contributed by atoms with van der Waals surface area (Å²) in [7, 11) is 0. The minimum absolute atomic E-state index is 0.106. The summed E-state index contributed by atoms with van der Waals surface area (Å²) in [6.07, 6.45) is 10.9. The first kappa shape index (κ1) is 18.6. The van der Waals surface area contributed by atoms with Gasteiger partial charge in [0.2, 0.25) is 5.91 Å². The van der Waals surface area contributed by atoms with Gasteiger partial charge in [-0.2, -0.15) is 0 Å². The minimum atomic E-state index is -0.232. The molecule has 4 aliphatic carbocycles. The van der Waals surface area contributed by atoms with Crippen LogP contribution in [0.5, 0.6) is 0 Å². The number of nitrogens with one attached hydrogen (secondary N) is 2. The van der Waals surface area contributed by atoms with Crippen LogP contribution in [0.1, 0.15) is 44.3 Å². The molecule has 0 spiro atoms. The maximum absolute atomic E-state index is 12.3. The van der Waals surface area contributed by atoms with Gasteiger partial charge in [0.25, 0.3) is 0 Å². The molecule has 0 aliphatic heterocycles. The fourth-order valence-electron chi connectivity index (χ4n) is 6.05. The van der Waals surface area contributed by atoms with Gasteiger partial charge < -0.3 is 9.73 Å². The number of thiocarbonyl (C=S) groups is 1. The second-order valence-corrected chi connectivity index (χ2v) is 9.45. The maximum Gasteiger partial charge on any atom is 0.250 e. The first-order chi connectivity index (χ1) is 14.1. The summed E-state index contributed by atoms with van der Waals surface area (Å²) in [4.78, 5) is 12.3. The van der Waals surface area contributed by atoms with E-state index in [1.165, 1.54) is 44.6 Å². The van der Waals surface area contributed by atoms with Crippen LogP contribution in [-0.2, 0) is 4.79 Å². The molecule has 0 radical (unpaired) electrons. The van der Waals surface area contributed by atoms with Gasteiger partial charge in [0.1, 0.15) is 11.5 Å². The van der Waals surface area contributed by atoms with Gasteiger partial charge in [0, 0.05) is 17.2 Å². The van der Waals surface area contributed by atoms with E-state index < -0.39 is 0 Å². The average Bonchev–Trinajstić information content (AvgIpc) is 3.14. The molecule has 0 unspecified atom stereocenters. The number of hydrogen-bond donors (Lipinski definition) is 2. The van der Waals surface area contributed by atoms with Crippen molar-refractivity contribution in [3.05, 3.63) is 54.3 Å². The quantitative estimate of drug-likeness (QED) is 0.559. The highest BCUT2D eigenvalue weighted by atomic mass is 32.1. The fourth-order valence-corrected chi connectivity index (χ4v) is 6.36. The van der Waals surface area contributed by atoms with Crippen molar-refractivity contribution < 1.29 is 9.21 Å². The molecular formula is C24H26N2O2S. The Hall–Kier alpha value is -2.40. The van der Waals surface area contributed by atoms with Gasteiger partial charge in [0.05, 0.1) is 0 Å². The third kappa shape index (κ3) is 4.01. The topological polar surface area (TPSA) is 54.3 Å². The maximum atomic E-state index is 12.3. The summed E-state index contributed by atoms with van der Waals surface area (Å²) >= 11 is 5.46. The Labute approximate surface area is 176 Å². The van der Waals surface area contributed by atoms with Crippen LogP contribution in [0.3, 0.4) is 0 Å². The molecule has 6 rings (SSSR count). The molecule has 4 fully saturated rings. The second kappa shape index (κ2) is 7.45. The Bertz CT molecular complexity index is 912. The predicted molar refractivity (Wildman–Crippen MR) is 118 cm³/mol. The Kier molecular flexibility index (Phi) is 4.78. The largest absolute Gasteiger partial charge is 0.457 e. The number of furan rings is 1. The van der Waals surface area contributed by atoms with E-state index in [1.54, 1.807) is 6.08 Å². The average molecular weight is 407 g/mol. The molecule has 1 amide bonds. The molecule has 4 saturated carbocycles. The van der Waals surface area contributed by atoms with Crippen LogP contribution in [0, 0.1) is 17.8 Å². The van der Waals surface area contributed by atoms with E-state index in [2.05, 4.69) is 10.6 Å². The molecule has 150 valence electrons. The van der Waals surface area contributed by atoms with Gasteiger partial charge in [-0.3, -0.25) is 10.1 Å². The number of benzene rings is 1. The van der Waals surface area contributed by atoms with Crippen LogP contribution in [0.2, 0.25) is 0 Å². The van der Waals surface area contributed by atoms with E-state index in [9.17, 15) is 4.79 Å². The summed E-state index contributed by atoms with van der Waals surface area (Å²) in [5, 5.41) is 6.79. The van der Waals surface area contributed by atoms with Gasteiger partial charge in [-0.05, 0) is 86.7 Å². The molecule has 0 atom stereocenters. The van der Waals surface area contributed by atoms with Crippen LogP contribution in [0.15, 0.2) is 53.0 Å². The Morgan fingerprint density at radius 1 is 1.00 bits per heavy atom. The third-order valence-electron chi connectivity index (χ3n) is 6.74. The molecule has 1 heterocycles. The molecule has 2 aromatic rings. The van der Waals surface area contributed by atoms with Crippen molar-refractivity contribution in [3.63, 3.8) is 0 Å². The summed E-state index contributed by atoms with van der Waals surface area (Å²) < 4.78 is 5.80. The normalized spacial score (nSPS) is 29.9. The number of rotatable bonds is 4. The van der Waals surface area contributed by atoms with E-state index in [0.29, 0.717) is 10.9 Å². The monoisotopic (exact) mass is 406 g/mol. The smallest absolute Gasteiger partial charge is 0.250 e. The molecule has 1 aromatic heterocycles. The van der Waals surface area contributed by atoms with Crippen LogP contribution in [-0.4, -0.2) is 16.6 Å². The van der Waals surface area contributed by atoms with Crippen LogP contribution in [0.4, 0.5) is 0 Å². The predicted octanol–water partition coefficient (Wildman–Crippen LogP) is 4.92. The lowest BCUT2D eigenvalue weighted by Crippen LogP contribution is -2.61. The summed E-state index contributed by atoms with van der Waals surface area (Å²) in [6, 6.07) is 13.7. The zero-order chi connectivity index (χ0) is 19.8. The zero-order valence-electron chi connectivity index (χ0n) is 16.4.